The summed E-state index contributed by atoms with van der Waals surface area (Å²) < 4.78 is 0. The molecule has 1 saturated heterocycles. The zero-order valence-corrected chi connectivity index (χ0v) is 9.46. The average molecular weight is 236 g/mol. The minimum atomic E-state index is -0.158. The molecule has 2 amide bonds. The highest BCUT2D eigenvalue weighted by molar-refractivity contribution is 7.80. The Morgan fingerprint density at radius 1 is 1.38 bits per heavy atom. The van der Waals surface area contributed by atoms with E-state index in [9.17, 15) is 9.59 Å². The summed E-state index contributed by atoms with van der Waals surface area (Å²) in [5.41, 5.74) is 0.581. The number of carbonyl (C=O) groups is 2. The lowest BCUT2D eigenvalue weighted by Crippen LogP contribution is -2.36. The molecule has 1 aromatic rings. The summed E-state index contributed by atoms with van der Waals surface area (Å²) >= 11 is 4.14. The molecule has 16 heavy (non-hydrogen) atoms. The molecule has 0 aliphatic carbocycles. The third-order valence-electron chi connectivity index (χ3n) is 2.44. The van der Waals surface area contributed by atoms with Crippen molar-refractivity contribution in [1.29, 1.82) is 0 Å². The van der Waals surface area contributed by atoms with Crippen LogP contribution in [0.4, 0.5) is 0 Å². The second-order valence-corrected chi connectivity index (χ2v) is 4.24. The standard InChI is InChI=1S/C11H12N2O2S/c14-10-5-8(6-12-10)13-11(15)7-1-3-9(16)4-2-7/h1-4,8,16H,5-6H2,(H,12,14)(H,13,15). The number of benzene rings is 1. The van der Waals surface area contributed by atoms with E-state index >= 15 is 0 Å². The Hall–Kier alpha value is -1.49. The van der Waals surface area contributed by atoms with E-state index in [0.717, 1.165) is 4.90 Å². The van der Waals surface area contributed by atoms with Gasteiger partial charge < -0.3 is 10.6 Å². The largest absolute Gasteiger partial charge is 0.354 e. The SMILES string of the molecule is O=C1CC(NC(=O)c2ccc(S)cc2)CN1. The van der Waals surface area contributed by atoms with Gasteiger partial charge in [0.05, 0.1) is 6.04 Å². The Kier molecular flexibility index (Phi) is 3.14. The molecule has 0 saturated carbocycles. The number of thiol groups is 1. The van der Waals surface area contributed by atoms with Gasteiger partial charge in [0, 0.05) is 23.4 Å². The van der Waals surface area contributed by atoms with E-state index in [-0.39, 0.29) is 17.9 Å². The van der Waals surface area contributed by atoms with Crippen molar-refractivity contribution in [3.8, 4) is 0 Å². The van der Waals surface area contributed by atoms with Crippen molar-refractivity contribution in [2.75, 3.05) is 6.54 Å². The van der Waals surface area contributed by atoms with E-state index in [4.69, 9.17) is 0 Å². The van der Waals surface area contributed by atoms with Crippen molar-refractivity contribution in [3.05, 3.63) is 29.8 Å². The molecule has 2 N–H and O–H groups in total. The molecule has 0 aromatic heterocycles. The lowest BCUT2D eigenvalue weighted by atomic mass is 10.2. The van der Waals surface area contributed by atoms with Crippen molar-refractivity contribution in [2.24, 2.45) is 0 Å². The predicted octanol–water partition coefficient (Wildman–Crippen LogP) is 0.594. The van der Waals surface area contributed by atoms with Gasteiger partial charge in [-0.1, -0.05) is 0 Å². The van der Waals surface area contributed by atoms with Crippen molar-refractivity contribution >= 4 is 24.4 Å². The van der Waals surface area contributed by atoms with Gasteiger partial charge in [-0.05, 0) is 24.3 Å². The van der Waals surface area contributed by atoms with E-state index < -0.39 is 0 Å². The molecular weight excluding hydrogens is 224 g/mol. The quantitative estimate of drug-likeness (QED) is 0.658. The topological polar surface area (TPSA) is 58.2 Å². The van der Waals surface area contributed by atoms with Crippen LogP contribution >= 0.6 is 12.6 Å². The van der Waals surface area contributed by atoms with Crippen LogP contribution in [0.3, 0.4) is 0 Å². The molecule has 4 nitrogen and oxygen atoms in total. The molecule has 1 aliphatic heterocycles. The minimum Gasteiger partial charge on any atom is -0.354 e. The minimum absolute atomic E-state index is 0.0176. The fourth-order valence-corrected chi connectivity index (χ4v) is 1.74. The normalized spacial score (nSPS) is 19.3. The Balaban J connectivity index is 1.98. The molecule has 0 bridgehead atoms. The number of nitrogens with one attached hydrogen (secondary N) is 2. The van der Waals surface area contributed by atoms with E-state index in [2.05, 4.69) is 23.3 Å². The molecular formula is C11H12N2O2S. The maximum Gasteiger partial charge on any atom is 0.251 e. The van der Waals surface area contributed by atoms with Gasteiger partial charge >= 0.3 is 0 Å². The average Bonchev–Trinajstić information content (AvgIpc) is 2.65. The molecule has 1 atom stereocenters. The van der Waals surface area contributed by atoms with Gasteiger partial charge in [-0.3, -0.25) is 9.59 Å². The fraction of sp³-hybridized carbons (Fsp3) is 0.273. The highest BCUT2D eigenvalue weighted by Gasteiger charge is 2.23. The number of hydrogen-bond donors (Lipinski definition) is 3. The Labute approximate surface area is 98.8 Å². The smallest absolute Gasteiger partial charge is 0.251 e. The monoisotopic (exact) mass is 236 g/mol. The summed E-state index contributed by atoms with van der Waals surface area (Å²) in [6.07, 6.45) is 0.358. The van der Waals surface area contributed by atoms with E-state index in [1.54, 1.807) is 24.3 Å². The molecule has 1 unspecified atom stereocenters. The van der Waals surface area contributed by atoms with Crippen molar-refractivity contribution in [3.63, 3.8) is 0 Å². The highest BCUT2D eigenvalue weighted by Crippen LogP contribution is 2.08. The van der Waals surface area contributed by atoms with Gasteiger partial charge in [0.25, 0.3) is 5.91 Å². The maximum atomic E-state index is 11.7. The first-order valence-corrected chi connectivity index (χ1v) is 5.46. The molecule has 1 fully saturated rings. The van der Waals surface area contributed by atoms with Crippen LogP contribution in [-0.2, 0) is 4.79 Å². The molecule has 2 rings (SSSR count). The van der Waals surface area contributed by atoms with Crippen LogP contribution in [0.2, 0.25) is 0 Å². The molecule has 1 aliphatic rings. The maximum absolute atomic E-state index is 11.7. The zero-order valence-electron chi connectivity index (χ0n) is 8.56. The Morgan fingerprint density at radius 3 is 2.62 bits per heavy atom. The van der Waals surface area contributed by atoms with E-state index in [1.807, 2.05) is 0 Å². The number of hydrogen-bond acceptors (Lipinski definition) is 3. The third kappa shape index (κ3) is 2.55. The fourth-order valence-electron chi connectivity index (χ4n) is 1.59. The van der Waals surface area contributed by atoms with Gasteiger partial charge in [0.1, 0.15) is 0 Å². The number of carbonyl (C=O) groups excluding carboxylic acids is 2. The molecule has 5 heteroatoms. The van der Waals surface area contributed by atoms with E-state index in [1.165, 1.54) is 0 Å². The summed E-state index contributed by atoms with van der Waals surface area (Å²) in [5, 5.41) is 5.47. The third-order valence-corrected chi connectivity index (χ3v) is 2.74. The van der Waals surface area contributed by atoms with Gasteiger partial charge in [0.2, 0.25) is 5.91 Å². The first-order chi connectivity index (χ1) is 7.65. The lowest BCUT2D eigenvalue weighted by Gasteiger charge is -2.10. The van der Waals surface area contributed by atoms with Crippen LogP contribution in [0.15, 0.2) is 29.2 Å². The Bertz CT molecular complexity index is 416. The van der Waals surface area contributed by atoms with Crippen LogP contribution in [0.1, 0.15) is 16.8 Å². The van der Waals surface area contributed by atoms with Crippen LogP contribution in [0.25, 0.3) is 0 Å². The van der Waals surface area contributed by atoms with Crippen LogP contribution in [0, 0.1) is 0 Å². The van der Waals surface area contributed by atoms with Crippen molar-refractivity contribution in [1.82, 2.24) is 10.6 Å². The van der Waals surface area contributed by atoms with Gasteiger partial charge in [0.15, 0.2) is 0 Å². The first-order valence-electron chi connectivity index (χ1n) is 5.02. The number of amides is 2. The first kappa shape index (κ1) is 11.0. The van der Waals surface area contributed by atoms with Crippen LogP contribution in [-0.4, -0.2) is 24.4 Å². The lowest BCUT2D eigenvalue weighted by molar-refractivity contribution is -0.119. The second kappa shape index (κ2) is 4.57. The summed E-state index contributed by atoms with van der Waals surface area (Å²) in [6, 6.07) is 6.84. The summed E-state index contributed by atoms with van der Waals surface area (Å²) in [6.45, 7) is 0.509. The molecule has 0 spiro atoms. The Morgan fingerprint density at radius 2 is 2.06 bits per heavy atom. The summed E-state index contributed by atoms with van der Waals surface area (Å²) in [4.78, 5) is 23.5. The van der Waals surface area contributed by atoms with Gasteiger partial charge in [-0.2, -0.15) is 0 Å². The second-order valence-electron chi connectivity index (χ2n) is 3.73. The van der Waals surface area contributed by atoms with Gasteiger partial charge in [-0.15, -0.1) is 12.6 Å². The van der Waals surface area contributed by atoms with Crippen LogP contribution in [0.5, 0.6) is 0 Å². The summed E-state index contributed by atoms with van der Waals surface area (Å²) in [5.74, 6) is -0.175. The van der Waals surface area contributed by atoms with Crippen molar-refractivity contribution in [2.45, 2.75) is 17.4 Å². The molecule has 1 aromatic carbocycles. The molecule has 0 radical (unpaired) electrons. The van der Waals surface area contributed by atoms with Gasteiger partial charge in [-0.25, -0.2) is 0 Å². The molecule has 1 heterocycles. The number of rotatable bonds is 2. The van der Waals surface area contributed by atoms with Crippen LogP contribution < -0.4 is 10.6 Å². The van der Waals surface area contributed by atoms with Crippen molar-refractivity contribution < 1.29 is 9.59 Å². The predicted molar refractivity (Wildman–Crippen MR) is 62.6 cm³/mol. The molecule has 84 valence electrons. The highest BCUT2D eigenvalue weighted by atomic mass is 32.1. The summed E-state index contributed by atoms with van der Waals surface area (Å²) in [7, 11) is 0. The zero-order chi connectivity index (χ0) is 11.5. The van der Waals surface area contributed by atoms with E-state index in [0.29, 0.717) is 18.5 Å².